The minimum atomic E-state index is -0.605. The number of nitriles is 1. The first-order chi connectivity index (χ1) is 9.64. The van der Waals surface area contributed by atoms with E-state index >= 15 is 0 Å². The van der Waals surface area contributed by atoms with E-state index < -0.39 is 11.4 Å². The van der Waals surface area contributed by atoms with E-state index in [1.165, 1.54) is 12.3 Å². The molecule has 0 spiro atoms. The largest absolute Gasteiger partial charge is 0.358 e. The molecular weight excluding hydrogens is 260 g/mol. The maximum atomic E-state index is 13.9. The maximum Gasteiger partial charge on any atom is 0.166 e. The van der Waals surface area contributed by atoms with E-state index in [-0.39, 0.29) is 17.2 Å². The number of rotatable bonds is 3. The van der Waals surface area contributed by atoms with Crippen molar-refractivity contribution in [2.24, 2.45) is 0 Å². The van der Waals surface area contributed by atoms with Gasteiger partial charge in [-0.2, -0.15) is 5.26 Å². The van der Waals surface area contributed by atoms with Crippen molar-refractivity contribution in [3.8, 4) is 6.07 Å². The number of nitrogens with one attached hydrogen (secondary N) is 1. The summed E-state index contributed by atoms with van der Waals surface area (Å²) in [5.41, 5.74) is 0.0854. The van der Waals surface area contributed by atoms with Gasteiger partial charge in [-0.05, 0) is 25.0 Å². The molecule has 0 aliphatic heterocycles. The summed E-state index contributed by atoms with van der Waals surface area (Å²) in [7, 11) is 0. The molecular formula is C15H11F2N3. The predicted molar refractivity (Wildman–Crippen MR) is 69.8 cm³/mol. The van der Waals surface area contributed by atoms with Crippen LogP contribution in [-0.2, 0) is 5.54 Å². The zero-order valence-electron chi connectivity index (χ0n) is 10.5. The average molecular weight is 271 g/mol. The minimum Gasteiger partial charge on any atom is -0.358 e. The van der Waals surface area contributed by atoms with Gasteiger partial charge in [0, 0.05) is 11.8 Å². The monoisotopic (exact) mass is 271 g/mol. The molecule has 1 aliphatic rings. The lowest BCUT2D eigenvalue weighted by molar-refractivity contribution is 0.582. The molecule has 5 heteroatoms. The van der Waals surface area contributed by atoms with Crippen molar-refractivity contribution < 1.29 is 8.78 Å². The summed E-state index contributed by atoms with van der Waals surface area (Å²) in [5, 5.41) is 11.7. The number of pyridine rings is 1. The first-order valence-electron chi connectivity index (χ1n) is 6.23. The Hall–Kier alpha value is -2.48. The van der Waals surface area contributed by atoms with Gasteiger partial charge in [0.15, 0.2) is 11.6 Å². The van der Waals surface area contributed by atoms with Crippen LogP contribution in [0.2, 0.25) is 0 Å². The smallest absolute Gasteiger partial charge is 0.166 e. The van der Waals surface area contributed by atoms with Crippen LogP contribution < -0.4 is 5.32 Å². The van der Waals surface area contributed by atoms with Gasteiger partial charge in [-0.3, -0.25) is 0 Å². The zero-order valence-corrected chi connectivity index (χ0v) is 10.5. The van der Waals surface area contributed by atoms with Crippen LogP contribution in [-0.4, -0.2) is 4.98 Å². The standard InChI is InChI=1S/C15H11F2N3/c16-12-4-2-1-3-11(12)15(5-6-15)20-14-13(17)7-10(8-18)9-19-14/h1-4,7,9H,5-6H2,(H,19,20). The number of aromatic nitrogens is 1. The summed E-state index contributed by atoms with van der Waals surface area (Å²) < 4.78 is 27.7. The fourth-order valence-corrected chi connectivity index (χ4v) is 2.25. The lowest BCUT2D eigenvalue weighted by atomic mass is 10.0. The molecule has 2 aromatic rings. The van der Waals surface area contributed by atoms with Crippen LogP contribution in [0.1, 0.15) is 24.0 Å². The molecule has 0 radical (unpaired) electrons. The van der Waals surface area contributed by atoms with Gasteiger partial charge in [-0.15, -0.1) is 0 Å². The Kier molecular flexibility index (Phi) is 2.87. The van der Waals surface area contributed by atoms with E-state index in [9.17, 15) is 8.78 Å². The van der Waals surface area contributed by atoms with E-state index in [2.05, 4.69) is 10.3 Å². The summed E-state index contributed by atoms with van der Waals surface area (Å²) in [5.74, 6) is -0.872. The fourth-order valence-electron chi connectivity index (χ4n) is 2.25. The molecule has 0 amide bonds. The van der Waals surface area contributed by atoms with Crippen LogP contribution in [0.25, 0.3) is 0 Å². The highest BCUT2D eigenvalue weighted by atomic mass is 19.1. The summed E-state index contributed by atoms with van der Waals surface area (Å²) in [4.78, 5) is 3.90. The van der Waals surface area contributed by atoms with Gasteiger partial charge in [-0.1, -0.05) is 18.2 Å². The molecule has 100 valence electrons. The third kappa shape index (κ3) is 2.10. The quantitative estimate of drug-likeness (QED) is 0.931. The van der Waals surface area contributed by atoms with Crippen molar-refractivity contribution in [1.29, 1.82) is 5.26 Å². The Balaban J connectivity index is 1.92. The first-order valence-corrected chi connectivity index (χ1v) is 6.23. The number of hydrogen-bond acceptors (Lipinski definition) is 3. The SMILES string of the molecule is N#Cc1cnc(NC2(c3ccccc3F)CC2)c(F)c1. The summed E-state index contributed by atoms with van der Waals surface area (Å²) in [6.07, 6.45) is 2.73. The van der Waals surface area contributed by atoms with Crippen molar-refractivity contribution in [2.75, 3.05) is 5.32 Å². The third-order valence-electron chi connectivity index (χ3n) is 3.47. The van der Waals surface area contributed by atoms with E-state index in [0.717, 1.165) is 18.9 Å². The van der Waals surface area contributed by atoms with Crippen LogP contribution in [0, 0.1) is 23.0 Å². The van der Waals surface area contributed by atoms with Crippen molar-refractivity contribution in [3.63, 3.8) is 0 Å². The molecule has 1 aromatic heterocycles. The van der Waals surface area contributed by atoms with Gasteiger partial charge < -0.3 is 5.32 Å². The number of nitrogens with zero attached hydrogens (tertiary/aromatic N) is 2. The second-order valence-corrected chi connectivity index (χ2v) is 4.85. The maximum absolute atomic E-state index is 13.9. The summed E-state index contributed by atoms with van der Waals surface area (Å²) in [6.45, 7) is 0. The molecule has 1 aromatic carbocycles. The Morgan fingerprint density at radius 2 is 1.95 bits per heavy atom. The van der Waals surface area contributed by atoms with Gasteiger partial charge >= 0.3 is 0 Å². The third-order valence-corrected chi connectivity index (χ3v) is 3.47. The average Bonchev–Trinajstić information content (AvgIpc) is 3.22. The van der Waals surface area contributed by atoms with Crippen LogP contribution in [0.3, 0.4) is 0 Å². The number of halogens is 2. The molecule has 1 heterocycles. The van der Waals surface area contributed by atoms with E-state index in [0.29, 0.717) is 5.56 Å². The van der Waals surface area contributed by atoms with Gasteiger partial charge in [0.05, 0.1) is 11.1 Å². The molecule has 3 rings (SSSR count). The van der Waals surface area contributed by atoms with Gasteiger partial charge in [0.25, 0.3) is 0 Å². The number of benzene rings is 1. The molecule has 20 heavy (non-hydrogen) atoms. The highest BCUT2D eigenvalue weighted by Crippen LogP contribution is 2.49. The highest BCUT2D eigenvalue weighted by molar-refractivity contribution is 5.48. The molecule has 0 atom stereocenters. The molecule has 0 bridgehead atoms. The van der Waals surface area contributed by atoms with E-state index in [1.54, 1.807) is 18.2 Å². The lowest BCUT2D eigenvalue weighted by Gasteiger charge is -2.19. The highest BCUT2D eigenvalue weighted by Gasteiger charge is 2.46. The first kappa shape index (κ1) is 12.5. The van der Waals surface area contributed by atoms with Crippen LogP contribution in [0.4, 0.5) is 14.6 Å². The number of hydrogen-bond donors (Lipinski definition) is 1. The second kappa shape index (κ2) is 4.57. The molecule has 1 N–H and O–H groups in total. The summed E-state index contributed by atoms with van der Waals surface area (Å²) >= 11 is 0. The van der Waals surface area contributed by atoms with Gasteiger partial charge in [-0.25, -0.2) is 13.8 Å². The molecule has 0 saturated heterocycles. The van der Waals surface area contributed by atoms with Gasteiger partial charge in [0.2, 0.25) is 0 Å². The van der Waals surface area contributed by atoms with Crippen molar-refractivity contribution in [2.45, 2.75) is 18.4 Å². The Morgan fingerprint density at radius 3 is 2.55 bits per heavy atom. The zero-order chi connectivity index (χ0) is 14.2. The van der Waals surface area contributed by atoms with Crippen LogP contribution >= 0.6 is 0 Å². The Morgan fingerprint density at radius 1 is 1.20 bits per heavy atom. The Bertz CT molecular complexity index is 703. The van der Waals surface area contributed by atoms with Crippen LogP contribution in [0.5, 0.6) is 0 Å². The topological polar surface area (TPSA) is 48.7 Å². The normalized spacial score (nSPS) is 15.4. The van der Waals surface area contributed by atoms with Crippen molar-refractivity contribution in [3.05, 3.63) is 59.3 Å². The summed E-state index contributed by atoms with van der Waals surface area (Å²) in [6, 6.07) is 9.39. The number of anilines is 1. The lowest BCUT2D eigenvalue weighted by Crippen LogP contribution is -2.21. The molecule has 1 fully saturated rings. The van der Waals surface area contributed by atoms with Crippen molar-refractivity contribution in [1.82, 2.24) is 4.98 Å². The van der Waals surface area contributed by atoms with E-state index in [1.807, 2.05) is 6.07 Å². The van der Waals surface area contributed by atoms with Gasteiger partial charge in [0.1, 0.15) is 11.9 Å². The van der Waals surface area contributed by atoms with Crippen molar-refractivity contribution >= 4 is 5.82 Å². The molecule has 0 unspecified atom stereocenters. The molecule has 3 nitrogen and oxygen atoms in total. The van der Waals surface area contributed by atoms with E-state index in [4.69, 9.17) is 5.26 Å². The molecule has 1 saturated carbocycles. The Labute approximate surface area is 114 Å². The predicted octanol–water partition coefficient (Wildman–Crippen LogP) is 3.33. The minimum absolute atomic E-state index is 0.0461. The molecule has 1 aliphatic carbocycles. The van der Waals surface area contributed by atoms with Crippen LogP contribution in [0.15, 0.2) is 36.5 Å². The second-order valence-electron chi connectivity index (χ2n) is 4.85. The fraction of sp³-hybridized carbons (Fsp3) is 0.200.